The lowest BCUT2D eigenvalue weighted by Crippen LogP contribution is -2.10. The summed E-state index contributed by atoms with van der Waals surface area (Å²) >= 11 is 0. The molecule has 0 radical (unpaired) electrons. The number of anilines is 3. The van der Waals surface area contributed by atoms with E-state index in [9.17, 15) is 0 Å². The van der Waals surface area contributed by atoms with Crippen LogP contribution in [-0.2, 0) is 0 Å². The van der Waals surface area contributed by atoms with Crippen LogP contribution in [-0.4, -0.2) is 0 Å². The minimum Gasteiger partial charge on any atom is -0.456 e. The molecule has 0 spiro atoms. The van der Waals surface area contributed by atoms with Crippen LogP contribution in [0, 0.1) is 0 Å². The van der Waals surface area contributed by atoms with Crippen molar-refractivity contribution in [3.8, 4) is 22.3 Å². The topological polar surface area (TPSA) is 29.5 Å². The molecule has 0 saturated carbocycles. The van der Waals surface area contributed by atoms with Crippen molar-refractivity contribution >= 4 is 71.7 Å². The first-order chi connectivity index (χ1) is 24.3. The standard InChI is InChI=1S/C46H29NO2/c1-2-9-30(10-3-1)31-17-22-35(23-18-31)47(40-15-8-12-33-11-4-5-13-37(33)40)36-24-19-32(20-25-36)34-21-26-39-44(29-34)49-43-28-27-42-45(46(39)43)38-14-6-7-16-41(38)48-42/h1-29H. The fourth-order valence-corrected chi connectivity index (χ4v) is 7.33. The second-order valence-corrected chi connectivity index (χ2v) is 12.5. The Morgan fingerprint density at radius 2 is 0.857 bits per heavy atom. The molecule has 0 saturated heterocycles. The molecule has 230 valence electrons. The highest BCUT2D eigenvalue weighted by Gasteiger charge is 2.18. The molecule has 0 atom stereocenters. The SMILES string of the molecule is c1ccc(-c2ccc(N(c3ccc(-c4ccc5c(c4)oc4ccc6oc7ccccc7c6c45)cc3)c3cccc4ccccc34)cc2)cc1. The number of hydrogen-bond donors (Lipinski definition) is 0. The molecule has 0 aliphatic carbocycles. The third-order valence-electron chi connectivity index (χ3n) is 9.68. The van der Waals surface area contributed by atoms with Crippen molar-refractivity contribution in [1.82, 2.24) is 0 Å². The molecule has 3 nitrogen and oxygen atoms in total. The van der Waals surface area contributed by atoms with Gasteiger partial charge < -0.3 is 13.7 Å². The van der Waals surface area contributed by atoms with E-state index in [1.807, 2.05) is 24.3 Å². The number of para-hydroxylation sites is 1. The van der Waals surface area contributed by atoms with E-state index in [-0.39, 0.29) is 0 Å². The van der Waals surface area contributed by atoms with Crippen LogP contribution < -0.4 is 4.90 Å². The maximum atomic E-state index is 6.45. The predicted octanol–water partition coefficient (Wildman–Crippen LogP) is 13.4. The Kier molecular flexibility index (Phi) is 6.18. The third kappa shape index (κ3) is 4.51. The van der Waals surface area contributed by atoms with E-state index in [2.05, 4.69) is 157 Å². The Morgan fingerprint density at radius 1 is 0.327 bits per heavy atom. The number of nitrogens with zero attached hydrogens (tertiary/aromatic N) is 1. The van der Waals surface area contributed by atoms with Gasteiger partial charge in [0.15, 0.2) is 0 Å². The first-order valence-electron chi connectivity index (χ1n) is 16.6. The smallest absolute Gasteiger partial charge is 0.136 e. The van der Waals surface area contributed by atoms with Gasteiger partial charge >= 0.3 is 0 Å². The van der Waals surface area contributed by atoms with Gasteiger partial charge in [0.05, 0.1) is 5.69 Å². The van der Waals surface area contributed by atoms with Gasteiger partial charge in [0, 0.05) is 38.3 Å². The maximum absolute atomic E-state index is 6.45. The van der Waals surface area contributed by atoms with E-state index >= 15 is 0 Å². The molecule has 49 heavy (non-hydrogen) atoms. The number of rotatable bonds is 5. The van der Waals surface area contributed by atoms with Gasteiger partial charge in [0.25, 0.3) is 0 Å². The van der Waals surface area contributed by atoms with Crippen molar-refractivity contribution in [1.29, 1.82) is 0 Å². The lowest BCUT2D eigenvalue weighted by molar-refractivity contribution is 0.663. The van der Waals surface area contributed by atoms with E-state index < -0.39 is 0 Å². The van der Waals surface area contributed by atoms with E-state index in [0.29, 0.717) is 0 Å². The number of furan rings is 2. The summed E-state index contributed by atoms with van der Waals surface area (Å²) in [7, 11) is 0. The van der Waals surface area contributed by atoms with Gasteiger partial charge in [0.1, 0.15) is 22.3 Å². The number of hydrogen-bond acceptors (Lipinski definition) is 3. The molecular weight excluding hydrogens is 599 g/mol. The lowest BCUT2D eigenvalue weighted by Gasteiger charge is -2.27. The Hall–Kier alpha value is -6.58. The van der Waals surface area contributed by atoms with Crippen molar-refractivity contribution < 1.29 is 8.83 Å². The molecule has 0 N–H and O–H groups in total. The molecule has 2 heterocycles. The molecule has 0 amide bonds. The highest BCUT2D eigenvalue weighted by atomic mass is 16.3. The van der Waals surface area contributed by atoms with E-state index in [4.69, 9.17) is 8.83 Å². The Balaban J connectivity index is 1.07. The van der Waals surface area contributed by atoms with Crippen LogP contribution in [0.2, 0.25) is 0 Å². The van der Waals surface area contributed by atoms with Crippen molar-refractivity contribution in [2.45, 2.75) is 0 Å². The molecule has 10 aromatic rings. The third-order valence-corrected chi connectivity index (χ3v) is 9.68. The average molecular weight is 628 g/mol. The van der Waals surface area contributed by atoms with Crippen LogP contribution in [0.4, 0.5) is 17.1 Å². The van der Waals surface area contributed by atoms with E-state index in [1.54, 1.807) is 0 Å². The predicted molar refractivity (Wildman–Crippen MR) is 204 cm³/mol. The van der Waals surface area contributed by atoms with Crippen LogP contribution in [0.25, 0.3) is 76.9 Å². The van der Waals surface area contributed by atoms with Gasteiger partial charge in [-0.15, -0.1) is 0 Å². The van der Waals surface area contributed by atoms with Crippen LogP contribution in [0.5, 0.6) is 0 Å². The average Bonchev–Trinajstić information content (AvgIpc) is 3.74. The maximum Gasteiger partial charge on any atom is 0.136 e. The molecular formula is C46H29NO2. The van der Waals surface area contributed by atoms with Gasteiger partial charge in [-0.1, -0.05) is 115 Å². The highest BCUT2D eigenvalue weighted by molar-refractivity contribution is 6.25. The molecule has 0 fully saturated rings. The molecule has 10 rings (SSSR count). The molecule has 0 unspecified atom stereocenters. The number of fused-ring (bicyclic) bond motifs is 8. The van der Waals surface area contributed by atoms with Crippen molar-refractivity contribution in [3.63, 3.8) is 0 Å². The fraction of sp³-hybridized carbons (Fsp3) is 0. The highest BCUT2D eigenvalue weighted by Crippen LogP contribution is 2.42. The van der Waals surface area contributed by atoms with Crippen molar-refractivity contribution in [2.75, 3.05) is 4.90 Å². The summed E-state index contributed by atoms with van der Waals surface area (Å²) < 4.78 is 12.6. The molecule has 0 aliphatic rings. The zero-order chi connectivity index (χ0) is 32.3. The van der Waals surface area contributed by atoms with Crippen LogP contribution >= 0.6 is 0 Å². The molecule has 0 aliphatic heterocycles. The van der Waals surface area contributed by atoms with Crippen LogP contribution in [0.3, 0.4) is 0 Å². The summed E-state index contributed by atoms with van der Waals surface area (Å²) in [5.74, 6) is 0. The Bertz CT molecular complexity index is 2800. The second-order valence-electron chi connectivity index (χ2n) is 12.5. The zero-order valence-electron chi connectivity index (χ0n) is 26.5. The van der Waals surface area contributed by atoms with E-state index in [0.717, 1.165) is 72.1 Å². The van der Waals surface area contributed by atoms with Crippen LogP contribution in [0.1, 0.15) is 0 Å². The summed E-state index contributed by atoms with van der Waals surface area (Å²) in [5.41, 5.74) is 11.5. The molecule has 8 aromatic carbocycles. The monoisotopic (exact) mass is 627 g/mol. The Morgan fingerprint density at radius 3 is 1.59 bits per heavy atom. The second kappa shape index (κ2) is 11.0. The summed E-state index contributed by atoms with van der Waals surface area (Å²) in [6.07, 6.45) is 0. The minimum atomic E-state index is 0.866. The van der Waals surface area contributed by atoms with Gasteiger partial charge in [0.2, 0.25) is 0 Å². The Labute approximate surface area is 282 Å². The van der Waals surface area contributed by atoms with Gasteiger partial charge in [-0.05, 0) is 88.3 Å². The van der Waals surface area contributed by atoms with Gasteiger partial charge in [-0.25, -0.2) is 0 Å². The summed E-state index contributed by atoms with van der Waals surface area (Å²) in [6, 6.07) is 62.1. The molecule has 0 bridgehead atoms. The van der Waals surface area contributed by atoms with Gasteiger partial charge in [-0.2, -0.15) is 0 Å². The first-order valence-corrected chi connectivity index (χ1v) is 16.6. The first kappa shape index (κ1) is 27.5. The van der Waals surface area contributed by atoms with Gasteiger partial charge in [-0.3, -0.25) is 0 Å². The normalized spacial score (nSPS) is 11.7. The summed E-state index contributed by atoms with van der Waals surface area (Å²) in [4.78, 5) is 2.35. The van der Waals surface area contributed by atoms with E-state index in [1.165, 1.54) is 21.9 Å². The molecule has 3 heteroatoms. The largest absolute Gasteiger partial charge is 0.456 e. The van der Waals surface area contributed by atoms with Crippen molar-refractivity contribution in [2.24, 2.45) is 0 Å². The minimum absolute atomic E-state index is 0.866. The summed E-state index contributed by atoms with van der Waals surface area (Å²) in [5, 5.41) is 6.82. The fourth-order valence-electron chi connectivity index (χ4n) is 7.33. The zero-order valence-corrected chi connectivity index (χ0v) is 26.5. The van der Waals surface area contributed by atoms with Crippen LogP contribution in [0.15, 0.2) is 185 Å². The molecule has 2 aromatic heterocycles. The lowest BCUT2D eigenvalue weighted by atomic mass is 10.0. The summed E-state index contributed by atoms with van der Waals surface area (Å²) in [6.45, 7) is 0. The number of benzene rings is 8. The van der Waals surface area contributed by atoms with Crippen molar-refractivity contribution in [3.05, 3.63) is 176 Å². The quantitative estimate of drug-likeness (QED) is 0.190.